The molecule has 4 nitrogen and oxygen atoms in total. The number of nitriles is 1. The van der Waals surface area contributed by atoms with Crippen LogP contribution in [0.3, 0.4) is 0 Å². The van der Waals surface area contributed by atoms with E-state index in [4.69, 9.17) is 5.26 Å². The Morgan fingerprint density at radius 2 is 2.24 bits per heavy atom. The van der Waals surface area contributed by atoms with E-state index in [1.165, 1.54) is 0 Å². The first-order chi connectivity index (χ1) is 8.06. The van der Waals surface area contributed by atoms with Gasteiger partial charge in [-0.25, -0.2) is 13.6 Å². The highest BCUT2D eigenvalue weighted by Crippen LogP contribution is 2.14. The number of urea groups is 1. The second kappa shape index (κ2) is 5.80. The number of benzene rings is 1. The molecule has 1 aromatic rings. The molecule has 1 rings (SSSR count). The fourth-order valence-electron chi connectivity index (χ4n) is 1.13. The molecule has 0 aromatic heterocycles. The van der Waals surface area contributed by atoms with Gasteiger partial charge in [-0.2, -0.15) is 5.26 Å². The van der Waals surface area contributed by atoms with Crippen LogP contribution in [0.5, 0.6) is 0 Å². The van der Waals surface area contributed by atoms with Gasteiger partial charge in [-0.1, -0.05) is 6.92 Å². The molecule has 0 heterocycles. The van der Waals surface area contributed by atoms with Crippen molar-refractivity contribution in [2.45, 2.75) is 19.4 Å². The van der Waals surface area contributed by atoms with Gasteiger partial charge < -0.3 is 10.6 Å². The van der Waals surface area contributed by atoms with Gasteiger partial charge in [0.2, 0.25) is 0 Å². The van der Waals surface area contributed by atoms with Crippen molar-refractivity contribution in [1.82, 2.24) is 5.32 Å². The molecule has 0 aliphatic carbocycles. The molecule has 1 unspecified atom stereocenters. The summed E-state index contributed by atoms with van der Waals surface area (Å²) < 4.78 is 25.8. The molecule has 1 aromatic carbocycles. The quantitative estimate of drug-likeness (QED) is 0.850. The minimum Gasteiger partial charge on any atom is -0.322 e. The van der Waals surface area contributed by atoms with Gasteiger partial charge in [0, 0.05) is 6.07 Å². The van der Waals surface area contributed by atoms with Crippen molar-refractivity contribution in [3.05, 3.63) is 29.8 Å². The minimum atomic E-state index is -0.870. The molecule has 0 saturated carbocycles. The SMILES string of the molecule is CCC(C#N)NC(=O)Nc1ccc(F)cc1F. The Hall–Kier alpha value is -2.16. The van der Waals surface area contributed by atoms with Crippen LogP contribution in [0.4, 0.5) is 19.3 Å². The number of nitrogens with zero attached hydrogens (tertiary/aromatic N) is 1. The van der Waals surface area contributed by atoms with E-state index in [9.17, 15) is 13.6 Å². The zero-order chi connectivity index (χ0) is 12.8. The number of nitrogens with one attached hydrogen (secondary N) is 2. The Morgan fingerprint density at radius 3 is 2.76 bits per heavy atom. The van der Waals surface area contributed by atoms with E-state index in [1.54, 1.807) is 6.92 Å². The van der Waals surface area contributed by atoms with Gasteiger partial charge in [0.1, 0.15) is 17.7 Å². The number of carbonyl (C=O) groups is 1. The Kier molecular flexibility index (Phi) is 4.40. The summed E-state index contributed by atoms with van der Waals surface area (Å²) in [5.74, 6) is -1.60. The van der Waals surface area contributed by atoms with E-state index < -0.39 is 23.7 Å². The first-order valence-electron chi connectivity index (χ1n) is 4.99. The van der Waals surface area contributed by atoms with Crippen LogP contribution in [0, 0.1) is 23.0 Å². The largest absolute Gasteiger partial charge is 0.322 e. The lowest BCUT2D eigenvalue weighted by atomic mass is 10.2. The van der Waals surface area contributed by atoms with Crippen molar-refractivity contribution in [3.8, 4) is 6.07 Å². The van der Waals surface area contributed by atoms with Crippen molar-refractivity contribution in [3.63, 3.8) is 0 Å². The van der Waals surface area contributed by atoms with Crippen LogP contribution in [-0.2, 0) is 0 Å². The zero-order valence-electron chi connectivity index (χ0n) is 9.13. The Labute approximate surface area is 97.2 Å². The lowest BCUT2D eigenvalue weighted by Gasteiger charge is -2.11. The van der Waals surface area contributed by atoms with Crippen LogP contribution < -0.4 is 10.6 Å². The summed E-state index contributed by atoms with van der Waals surface area (Å²) in [4.78, 5) is 11.3. The lowest BCUT2D eigenvalue weighted by molar-refractivity contribution is 0.250. The first kappa shape index (κ1) is 12.9. The molecular formula is C11H11F2N3O. The summed E-state index contributed by atoms with van der Waals surface area (Å²) in [6.07, 6.45) is 0.440. The molecule has 2 amide bonds. The third kappa shape index (κ3) is 3.72. The summed E-state index contributed by atoms with van der Waals surface area (Å²) in [6, 6.07) is 3.32. The number of halogens is 2. The third-order valence-corrected chi connectivity index (χ3v) is 2.05. The topological polar surface area (TPSA) is 64.9 Å². The van der Waals surface area contributed by atoms with Crippen molar-refractivity contribution in [1.29, 1.82) is 5.26 Å². The number of amides is 2. The molecule has 0 fully saturated rings. The van der Waals surface area contributed by atoms with E-state index >= 15 is 0 Å². The summed E-state index contributed by atoms with van der Waals surface area (Å²) in [5.41, 5.74) is -0.142. The maximum absolute atomic E-state index is 13.2. The highest BCUT2D eigenvalue weighted by Gasteiger charge is 2.11. The molecule has 0 aliphatic rings. The highest BCUT2D eigenvalue weighted by atomic mass is 19.1. The van der Waals surface area contributed by atoms with Gasteiger partial charge in [-0.05, 0) is 18.6 Å². The van der Waals surface area contributed by atoms with Gasteiger partial charge in [-0.3, -0.25) is 0 Å². The zero-order valence-corrected chi connectivity index (χ0v) is 9.13. The van der Waals surface area contributed by atoms with E-state index in [-0.39, 0.29) is 5.69 Å². The van der Waals surface area contributed by atoms with E-state index in [0.717, 1.165) is 12.1 Å². The third-order valence-electron chi connectivity index (χ3n) is 2.05. The average molecular weight is 239 g/mol. The smallest absolute Gasteiger partial charge is 0.320 e. The lowest BCUT2D eigenvalue weighted by Crippen LogP contribution is -2.36. The fourth-order valence-corrected chi connectivity index (χ4v) is 1.13. The summed E-state index contributed by atoms with van der Waals surface area (Å²) in [5, 5.41) is 13.1. The molecule has 17 heavy (non-hydrogen) atoms. The Balaban J connectivity index is 2.66. The number of hydrogen-bond donors (Lipinski definition) is 2. The molecule has 0 radical (unpaired) electrons. The van der Waals surface area contributed by atoms with Gasteiger partial charge in [0.05, 0.1) is 11.8 Å². The highest BCUT2D eigenvalue weighted by molar-refractivity contribution is 5.89. The van der Waals surface area contributed by atoms with Crippen molar-refractivity contribution >= 4 is 11.7 Å². The molecule has 0 saturated heterocycles. The average Bonchev–Trinajstić information content (AvgIpc) is 2.29. The first-order valence-corrected chi connectivity index (χ1v) is 4.99. The van der Waals surface area contributed by atoms with Crippen LogP contribution in [0.15, 0.2) is 18.2 Å². The van der Waals surface area contributed by atoms with Crippen molar-refractivity contribution in [2.24, 2.45) is 0 Å². The summed E-state index contributed by atoms with van der Waals surface area (Å²) in [7, 11) is 0. The normalized spacial score (nSPS) is 11.4. The molecular weight excluding hydrogens is 228 g/mol. The molecule has 90 valence electrons. The van der Waals surface area contributed by atoms with Gasteiger partial charge in [0.25, 0.3) is 0 Å². The fraction of sp³-hybridized carbons (Fsp3) is 0.273. The monoisotopic (exact) mass is 239 g/mol. The van der Waals surface area contributed by atoms with Crippen molar-refractivity contribution < 1.29 is 13.6 Å². The van der Waals surface area contributed by atoms with Crippen LogP contribution >= 0.6 is 0 Å². The molecule has 0 bridgehead atoms. The Bertz CT molecular complexity index is 457. The predicted molar refractivity (Wildman–Crippen MR) is 58.2 cm³/mol. The van der Waals surface area contributed by atoms with E-state index in [0.29, 0.717) is 12.5 Å². The van der Waals surface area contributed by atoms with Gasteiger partial charge in [0.15, 0.2) is 0 Å². The molecule has 2 N–H and O–H groups in total. The van der Waals surface area contributed by atoms with E-state index in [2.05, 4.69) is 10.6 Å². The Morgan fingerprint density at radius 1 is 1.53 bits per heavy atom. The predicted octanol–water partition coefficient (Wildman–Crippen LogP) is 2.39. The molecule has 0 aliphatic heterocycles. The number of anilines is 1. The van der Waals surface area contributed by atoms with Crippen molar-refractivity contribution in [2.75, 3.05) is 5.32 Å². The second-order valence-corrected chi connectivity index (χ2v) is 3.31. The minimum absolute atomic E-state index is 0.142. The second-order valence-electron chi connectivity index (χ2n) is 3.31. The number of carbonyl (C=O) groups excluding carboxylic acids is 1. The van der Waals surface area contributed by atoms with Gasteiger partial charge >= 0.3 is 6.03 Å². The molecule has 0 spiro atoms. The van der Waals surface area contributed by atoms with Crippen LogP contribution in [-0.4, -0.2) is 12.1 Å². The van der Waals surface area contributed by atoms with Gasteiger partial charge in [-0.15, -0.1) is 0 Å². The molecule has 1 atom stereocenters. The summed E-state index contributed by atoms with van der Waals surface area (Å²) in [6.45, 7) is 1.73. The molecule has 6 heteroatoms. The maximum atomic E-state index is 13.2. The van der Waals surface area contributed by atoms with Crippen LogP contribution in [0.25, 0.3) is 0 Å². The summed E-state index contributed by atoms with van der Waals surface area (Å²) >= 11 is 0. The van der Waals surface area contributed by atoms with E-state index in [1.807, 2.05) is 6.07 Å². The number of hydrogen-bond acceptors (Lipinski definition) is 2. The number of rotatable bonds is 3. The van der Waals surface area contributed by atoms with Crippen LogP contribution in [0.1, 0.15) is 13.3 Å². The van der Waals surface area contributed by atoms with Crippen LogP contribution in [0.2, 0.25) is 0 Å². The maximum Gasteiger partial charge on any atom is 0.320 e. The standard InChI is InChI=1S/C11H11F2N3O/c1-2-8(6-14)15-11(17)16-10-4-3-7(12)5-9(10)13/h3-5,8H,2H2,1H3,(H2,15,16,17).